The van der Waals surface area contributed by atoms with Crippen LogP contribution in [0.25, 0.3) is 11.4 Å². The van der Waals surface area contributed by atoms with Gasteiger partial charge in [-0.2, -0.15) is 0 Å². The molecule has 158 valence electrons. The number of nitrogens with zero attached hydrogens (tertiary/aromatic N) is 3. The maximum atomic E-state index is 12.3. The standard InChI is InChI=1S/C22H23Cl2N3O3/c1-4-22(30,5-2)19-18(21(28)29)27(12-15-9-16(23)6-7-17(15)24)20(26-19)14-8-13(3)10-25-11-14/h6-11,30H,4-5,12H2,1-3H3,(H,28,29). The number of benzene rings is 1. The van der Waals surface area contributed by atoms with Gasteiger partial charge in [0.05, 0.1) is 6.54 Å². The van der Waals surface area contributed by atoms with Crippen LogP contribution in [0.4, 0.5) is 0 Å². The van der Waals surface area contributed by atoms with Crippen molar-refractivity contribution in [2.45, 2.75) is 45.8 Å². The van der Waals surface area contributed by atoms with Crippen molar-refractivity contribution < 1.29 is 15.0 Å². The lowest BCUT2D eigenvalue weighted by molar-refractivity contribution is 0.0219. The number of carbonyl (C=O) groups is 1. The third kappa shape index (κ3) is 4.21. The van der Waals surface area contributed by atoms with Gasteiger partial charge in [0.2, 0.25) is 0 Å². The molecule has 3 rings (SSSR count). The van der Waals surface area contributed by atoms with Crippen molar-refractivity contribution in [3.63, 3.8) is 0 Å². The van der Waals surface area contributed by atoms with Crippen LogP contribution < -0.4 is 0 Å². The summed E-state index contributed by atoms with van der Waals surface area (Å²) in [5, 5.41) is 22.2. The number of imidazole rings is 1. The first-order valence-electron chi connectivity index (χ1n) is 9.62. The summed E-state index contributed by atoms with van der Waals surface area (Å²) in [5.74, 6) is -0.780. The van der Waals surface area contributed by atoms with Gasteiger partial charge >= 0.3 is 5.97 Å². The van der Waals surface area contributed by atoms with E-state index < -0.39 is 11.6 Å². The fourth-order valence-corrected chi connectivity index (χ4v) is 3.84. The third-order valence-corrected chi connectivity index (χ3v) is 5.85. The molecule has 0 saturated heterocycles. The molecule has 2 N–H and O–H groups in total. The molecule has 0 unspecified atom stereocenters. The Bertz CT molecular complexity index is 1090. The summed E-state index contributed by atoms with van der Waals surface area (Å²) in [5.41, 5.74) is 0.889. The van der Waals surface area contributed by atoms with Crippen LogP contribution in [0.2, 0.25) is 10.0 Å². The van der Waals surface area contributed by atoms with E-state index in [0.29, 0.717) is 39.8 Å². The first kappa shape index (κ1) is 22.3. The molecule has 0 aliphatic rings. The lowest BCUT2D eigenvalue weighted by Gasteiger charge is -2.24. The molecule has 30 heavy (non-hydrogen) atoms. The number of rotatable bonds is 7. The average Bonchev–Trinajstić information content (AvgIpc) is 3.10. The Kier molecular flexibility index (Phi) is 6.50. The molecular weight excluding hydrogens is 425 g/mol. The van der Waals surface area contributed by atoms with E-state index in [-0.39, 0.29) is 17.9 Å². The zero-order valence-electron chi connectivity index (χ0n) is 17.0. The van der Waals surface area contributed by atoms with Gasteiger partial charge in [-0.1, -0.05) is 37.0 Å². The SMILES string of the molecule is CCC(O)(CC)c1nc(-c2cncc(C)c2)n(Cc2cc(Cl)ccc2Cl)c1C(=O)O. The molecule has 0 saturated carbocycles. The lowest BCUT2D eigenvalue weighted by Crippen LogP contribution is -2.27. The van der Waals surface area contributed by atoms with Gasteiger partial charge in [0.25, 0.3) is 0 Å². The molecule has 0 bridgehead atoms. The normalized spacial score (nSPS) is 11.7. The first-order chi connectivity index (χ1) is 14.2. The van der Waals surface area contributed by atoms with Crippen LogP contribution in [-0.2, 0) is 12.1 Å². The number of hydrogen-bond donors (Lipinski definition) is 2. The van der Waals surface area contributed by atoms with E-state index in [2.05, 4.69) is 9.97 Å². The number of aromatic nitrogens is 3. The largest absolute Gasteiger partial charge is 0.477 e. The van der Waals surface area contributed by atoms with E-state index in [4.69, 9.17) is 23.2 Å². The summed E-state index contributed by atoms with van der Waals surface area (Å²) >= 11 is 12.5. The van der Waals surface area contributed by atoms with Crippen LogP contribution in [0.1, 0.15) is 54.0 Å². The third-order valence-electron chi connectivity index (χ3n) is 5.25. The molecule has 2 aromatic heterocycles. The number of carboxylic acids is 1. The van der Waals surface area contributed by atoms with Gasteiger partial charge in [0.15, 0.2) is 5.69 Å². The Morgan fingerprint density at radius 2 is 1.87 bits per heavy atom. The maximum Gasteiger partial charge on any atom is 0.354 e. The first-order valence-corrected chi connectivity index (χ1v) is 10.4. The van der Waals surface area contributed by atoms with Crippen LogP contribution in [0, 0.1) is 6.92 Å². The minimum Gasteiger partial charge on any atom is -0.477 e. The van der Waals surface area contributed by atoms with Gasteiger partial charge in [-0.3, -0.25) is 4.98 Å². The van der Waals surface area contributed by atoms with Crippen LogP contribution in [-0.4, -0.2) is 30.7 Å². The number of aliphatic hydroxyl groups is 1. The van der Waals surface area contributed by atoms with Crippen LogP contribution in [0.15, 0.2) is 36.7 Å². The van der Waals surface area contributed by atoms with Crippen molar-refractivity contribution in [3.05, 3.63) is 69.2 Å². The summed E-state index contributed by atoms with van der Waals surface area (Å²) in [6.45, 7) is 5.62. The highest BCUT2D eigenvalue weighted by Crippen LogP contribution is 2.35. The predicted molar refractivity (Wildman–Crippen MR) is 117 cm³/mol. The van der Waals surface area contributed by atoms with Crippen molar-refractivity contribution in [1.82, 2.24) is 14.5 Å². The zero-order chi connectivity index (χ0) is 22.1. The van der Waals surface area contributed by atoms with Crippen molar-refractivity contribution in [2.75, 3.05) is 0 Å². The van der Waals surface area contributed by atoms with Gasteiger partial charge < -0.3 is 14.8 Å². The van der Waals surface area contributed by atoms with Crippen molar-refractivity contribution in [1.29, 1.82) is 0 Å². The van der Waals surface area contributed by atoms with E-state index in [1.54, 1.807) is 49.0 Å². The van der Waals surface area contributed by atoms with E-state index in [1.165, 1.54) is 0 Å². The summed E-state index contributed by atoms with van der Waals surface area (Å²) in [6, 6.07) is 6.90. The van der Waals surface area contributed by atoms with E-state index in [0.717, 1.165) is 5.56 Å². The Morgan fingerprint density at radius 1 is 1.17 bits per heavy atom. The Hall–Kier alpha value is -2.41. The molecule has 6 nitrogen and oxygen atoms in total. The highest BCUT2D eigenvalue weighted by Gasteiger charge is 2.36. The van der Waals surface area contributed by atoms with Crippen molar-refractivity contribution in [3.8, 4) is 11.4 Å². The fraction of sp³-hybridized carbons (Fsp3) is 0.318. The molecule has 0 atom stereocenters. The molecule has 0 amide bonds. The minimum absolute atomic E-state index is 0.0752. The van der Waals surface area contributed by atoms with Crippen molar-refractivity contribution in [2.24, 2.45) is 0 Å². The smallest absolute Gasteiger partial charge is 0.354 e. The zero-order valence-corrected chi connectivity index (χ0v) is 18.5. The summed E-state index contributed by atoms with van der Waals surface area (Å²) in [7, 11) is 0. The summed E-state index contributed by atoms with van der Waals surface area (Å²) in [4.78, 5) is 21.2. The Morgan fingerprint density at radius 3 is 2.47 bits per heavy atom. The van der Waals surface area contributed by atoms with Gasteiger partial charge in [-0.15, -0.1) is 0 Å². The maximum absolute atomic E-state index is 12.3. The highest BCUT2D eigenvalue weighted by molar-refractivity contribution is 6.33. The number of aryl methyl sites for hydroxylation is 1. The Balaban J connectivity index is 2.32. The second kappa shape index (κ2) is 8.76. The molecule has 3 aromatic rings. The Labute approximate surface area is 185 Å². The predicted octanol–water partition coefficient (Wildman–Crippen LogP) is 5.31. The number of pyridine rings is 1. The van der Waals surface area contributed by atoms with Gasteiger partial charge in [-0.05, 0) is 55.2 Å². The molecule has 0 spiro atoms. The topological polar surface area (TPSA) is 88.2 Å². The minimum atomic E-state index is -1.37. The summed E-state index contributed by atoms with van der Waals surface area (Å²) < 4.78 is 1.56. The molecule has 2 heterocycles. The molecule has 0 fully saturated rings. The van der Waals surface area contributed by atoms with E-state index in [9.17, 15) is 15.0 Å². The highest BCUT2D eigenvalue weighted by atomic mass is 35.5. The molecular formula is C22H23Cl2N3O3. The second-order valence-electron chi connectivity index (χ2n) is 7.25. The van der Waals surface area contributed by atoms with Gasteiger partial charge in [0.1, 0.15) is 17.1 Å². The van der Waals surface area contributed by atoms with Gasteiger partial charge in [-0.25, -0.2) is 9.78 Å². The summed E-state index contributed by atoms with van der Waals surface area (Å²) in [6.07, 6.45) is 3.98. The number of hydrogen-bond acceptors (Lipinski definition) is 4. The second-order valence-corrected chi connectivity index (χ2v) is 8.09. The number of halogens is 2. The van der Waals surface area contributed by atoms with Crippen molar-refractivity contribution >= 4 is 29.2 Å². The molecule has 0 radical (unpaired) electrons. The molecule has 1 aromatic carbocycles. The lowest BCUT2D eigenvalue weighted by atomic mass is 9.92. The molecule has 8 heteroatoms. The monoisotopic (exact) mass is 447 g/mol. The van der Waals surface area contributed by atoms with Gasteiger partial charge in [0, 0.05) is 28.0 Å². The average molecular weight is 448 g/mol. The quantitative estimate of drug-likeness (QED) is 0.511. The van der Waals surface area contributed by atoms with E-state index >= 15 is 0 Å². The number of carboxylic acid groups (broad SMARTS) is 1. The van der Waals surface area contributed by atoms with Crippen LogP contribution >= 0.6 is 23.2 Å². The fourth-order valence-electron chi connectivity index (χ4n) is 3.47. The molecule has 0 aliphatic heterocycles. The molecule has 0 aliphatic carbocycles. The number of aromatic carboxylic acids is 1. The van der Waals surface area contributed by atoms with Crippen LogP contribution in [0.5, 0.6) is 0 Å². The van der Waals surface area contributed by atoms with E-state index in [1.807, 2.05) is 13.0 Å². The van der Waals surface area contributed by atoms with Crippen LogP contribution in [0.3, 0.4) is 0 Å².